The molecule has 2 aromatic heterocycles. The molecule has 0 radical (unpaired) electrons. The van der Waals surface area contributed by atoms with Crippen molar-refractivity contribution < 1.29 is 0 Å². The Morgan fingerprint density at radius 3 is 3.11 bits per heavy atom. The van der Waals surface area contributed by atoms with Gasteiger partial charge in [-0.15, -0.1) is 0 Å². The van der Waals surface area contributed by atoms with Gasteiger partial charge in [0.05, 0.1) is 11.0 Å². The van der Waals surface area contributed by atoms with Gasteiger partial charge in [-0.3, -0.25) is 4.98 Å². The minimum absolute atomic E-state index is 0.574. The number of aromatic nitrogens is 2. The Morgan fingerprint density at radius 2 is 2.22 bits per heavy atom. The number of nitrogens with one attached hydrogen (secondary N) is 2. The van der Waals surface area contributed by atoms with E-state index < -0.39 is 0 Å². The van der Waals surface area contributed by atoms with E-state index in [1.54, 1.807) is 6.20 Å². The first-order chi connectivity index (χ1) is 8.92. The fourth-order valence-electron chi connectivity index (χ4n) is 2.38. The van der Waals surface area contributed by atoms with E-state index in [2.05, 4.69) is 20.6 Å². The molecule has 4 nitrogen and oxygen atoms in total. The van der Waals surface area contributed by atoms with Gasteiger partial charge in [0.25, 0.3) is 0 Å². The van der Waals surface area contributed by atoms with Gasteiger partial charge in [0.1, 0.15) is 5.82 Å². The Hall–Kier alpha value is -1.68. The van der Waals surface area contributed by atoms with Crippen LogP contribution in [-0.4, -0.2) is 29.1 Å². The highest BCUT2D eigenvalue weighted by atomic mass is 15.0. The predicted octanol–water partition coefficient (Wildman–Crippen LogP) is 2.18. The number of pyridine rings is 2. The van der Waals surface area contributed by atoms with Gasteiger partial charge in [0.2, 0.25) is 0 Å². The second-order valence-corrected chi connectivity index (χ2v) is 4.77. The number of nitrogens with zero attached hydrogens (tertiary/aromatic N) is 2. The zero-order valence-corrected chi connectivity index (χ0v) is 10.4. The summed E-state index contributed by atoms with van der Waals surface area (Å²) in [5, 5.41) is 6.93. The molecule has 0 unspecified atom stereocenters. The molecule has 1 aliphatic rings. The summed E-state index contributed by atoms with van der Waals surface area (Å²) in [7, 11) is 0. The molecule has 0 bridgehead atoms. The van der Waals surface area contributed by atoms with E-state index in [0.29, 0.717) is 6.04 Å². The minimum Gasteiger partial charge on any atom is -0.368 e. The maximum absolute atomic E-state index is 4.56. The summed E-state index contributed by atoms with van der Waals surface area (Å²) in [5.74, 6) is 0.933. The van der Waals surface area contributed by atoms with Crippen molar-refractivity contribution in [2.75, 3.05) is 18.4 Å². The van der Waals surface area contributed by atoms with Crippen molar-refractivity contribution in [3.05, 3.63) is 30.5 Å². The van der Waals surface area contributed by atoms with Gasteiger partial charge in [0, 0.05) is 18.8 Å². The summed E-state index contributed by atoms with van der Waals surface area (Å²) >= 11 is 0. The van der Waals surface area contributed by atoms with Crippen LogP contribution < -0.4 is 10.6 Å². The van der Waals surface area contributed by atoms with Crippen molar-refractivity contribution >= 4 is 16.9 Å². The molecule has 0 saturated carbocycles. The van der Waals surface area contributed by atoms with Gasteiger partial charge in [0.15, 0.2) is 0 Å². The summed E-state index contributed by atoms with van der Waals surface area (Å²) in [6.45, 7) is 2.08. The van der Waals surface area contributed by atoms with Crippen LogP contribution in [0.15, 0.2) is 30.5 Å². The van der Waals surface area contributed by atoms with E-state index >= 15 is 0 Å². The van der Waals surface area contributed by atoms with E-state index in [1.165, 1.54) is 19.3 Å². The summed E-state index contributed by atoms with van der Waals surface area (Å²) < 4.78 is 0. The molecular formula is C14H18N4. The van der Waals surface area contributed by atoms with Gasteiger partial charge in [-0.1, -0.05) is 6.42 Å². The summed E-state index contributed by atoms with van der Waals surface area (Å²) in [6, 6.07) is 8.50. The first kappa shape index (κ1) is 11.4. The molecule has 0 aromatic carbocycles. The van der Waals surface area contributed by atoms with Gasteiger partial charge < -0.3 is 10.6 Å². The van der Waals surface area contributed by atoms with Crippen LogP contribution in [0.25, 0.3) is 11.0 Å². The molecule has 3 rings (SSSR count). The van der Waals surface area contributed by atoms with Crippen molar-refractivity contribution in [1.82, 2.24) is 15.3 Å². The standard InChI is InChI=1S/C14H18N4/c1-2-8-15-11(4-1)10-17-14-7-6-12-13(18-14)5-3-9-16-12/h3,5-7,9,11,15H,1-2,4,8,10H2,(H,17,18)/t11-/m0/s1. The van der Waals surface area contributed by atoms with E-state index in [9.17, 15) is 0 Å². The Morgan fingerprint density at radius 1 is 1.22 bits per heavy atom. The lowest BCUT2D eigenvalue weighted by atomic mass is 10.1. The number of rotatable bonds is 3. The maximum Gasteiger partial charge on any atom is 0.126 e. The normalized spacial score (nSPS) is 19.9. The molecule has 4 heteroatoms. The van der Waals surface area contributed by atoms with Crippen LogP contribution in [0.3, 0.4) is 0 Å². The Labute approximate surface area is 107 Å². The van der Waals surface area contributed by atoms with Gasteiger partial charge in [-0.25, -0.2) is 4.98 Å². The van der Waals surface area contributed by atoms with E-state index in [4.69, 9.17) is 0 Å². The Balaban J connectivity index is 1.66. The van der Waals surface area contributed by atoms with Crippen LogP contribution in [0.2, 0.25) is 0 Å². The largest absolute Gasteiger partial charge is 0.368 e. The lowest BCUT2D eigenvalue weighted by Gasteiger charge is -2.23. The number of piperidine rings is 1. The quantitative estimate of drug-likeness (QED) is 0.866. The fraction of sp³-hybridized carbons (Fsp3) is 0.429. The van der Waals surface area contributed by atoms with Crippen LogP contribution in [0.5, 0.6) is 0 Å². The number of anilines is 1. The van der Waals surface area contributed by atoms with Gasteiger partial charge in [-0.2, -0.15) is 0 Å². The van der Waals surface area contributed by atoms with Crippen molar-refractivity contribution in [2.24, 2.45) is 0 Å². The summed E-state index contributed by atoms with van der Waals surface area (Å²) in [4.78, 5) is 8.83. The summed E-state index contributed by atoms with van der Waals surface area (Å²) in [6.07, 6.45) is 5.68. The van der Waals surface area contributed by atoms with Crippen molar-refractivity contribution in [3.63, 3.8) is 0 Å². The molecular weight excluding hydrogens is 224 g/mol. The van der Waals surface area contributed by atoms with Gasteiger partial charge in [-0.05, 0) is 43.7 Å². The SMILES string of the molecule is c1cnc2ccc(NC[C@@H]3CCCCN3)nc2c1. The molecule has 1 fully saturated rings. The fourth-order valence-corrected chi connectivity index (χ4v) is 2.38. The third-order valence-corrected chi connectivity index (χ3v) is 3.40. The molecule has 3 heterocycles. The molecule has 1 saturated heterocycles. The minimum atomic E-state index is 0.574. The van der Waals surface area contributed by atoms with Crippen LogP contribution >= 0.6 is 0 Å². The highest BCUT2D eigenvalue weighted by molar-refractivity contribution is 5.75. The summed E-state index contributed by atoms with van der Waals surface area (Å²) in [5.41, 5.74) is 1.89. The van der Waals surface area contributed by atoms with Crippen LogP contribution in [-0.2, 0) is 0 Å². The van der Waals surface area contributed by atoms with Crippen LogP contribution in [0.4, 0.5) is 5.82 Å². The Bertz CT molecular complexity index is 520. The second-order valence-electron chi connectivity index (χ2n) is 4.77. The molecule has 2 N–H and O–H groups in total. The Kier molecular flexibility index (Phi) is 3.37. The van der Waals surface area contributed by atoms with Crippen LogP contribution in [0.1, 0.15) is 19.3 Å². The highest BCUT2D eigenvalue weighted by Crippen LogP contribution is 2.13. The maximum atomic E-state index is 4.56. The third kappa shape index (κ3) is 2.59. The number of hydrogen-bond acceptors (Lipinski definition) is 4. The average Bonchev–Trinajstić information content (AvgIpc) is 2.46. The number of hydrogen-bond donors (Lipinski definition) is 2. The smallest absolute Gasteiger partial charge is 0.126 e. The number of fused-ring (bicyclic) bond motifs is 1. The van der Waals surface area contributed by atoms with Crippen LogP contribution in [0, 0.1) is 0 Å². The molecule has 1 aliphatic heterocycles. The first-order valence-corrected chi connectivity index (χ1v) is 6.61. The van der Waals surface area contributed by atoms with E-state index in [1.807, 2.05) is 24.3 Å². The van der Waals surface area contributed by atoms with Crippen molar-refractivity contribution in [3.8, 4) is 0 Å². The molecule has 0 amide bonds. The monoisotopic (exact) mass is 242 g/mol. The van der Waals surface area contributed by atoms with Crippen molar-refractivity contribution in [2.45, 2.75) is 25.3 Å². The predicted molar refractivity (Wildman–Crippen MR) is 73.7 cm³/mol. The molecule has 94 valence electrons. The first-order valence-electron chi connectivity index (χ1n) is 6.61. The highest BCUT2D eigenvalue weighted by Gasteiger charge is 2.11. The van der Waals surface area contributed by atoms with E-state index in [-0.39, 0.29) is 0 Å². The van der Waals surface area contributed by atoms with Crippen molar-refractivity contribution in [1.29, 1.82) is 0 Å². The van der Waals surface area contributed by atoms with E-state index in [0.717, 1.165) is 29.9 Å². The molecule has 1 atom stereocenters. The second kappa shape index (κ2) is 5.31. The average molecular weight is 242 g/mol. The van der Waals surface area contributed by atoms with Gasteiger partial charge >= 0.3 is 0 Å². The molecule has 0 aliphatic carbocycles. The lowest BCUT2D eigenvalue weighted by Crippen LogP contribution is -2.39. The molecule has 2 aromatic rings. The zero-order valence-electron chi connectivity index (χ0n) is 10.4. The topological polar surface area (TPSA) is 49.8 Å². The third-order valence-electron chi connectivity index (χ3n) is 3.40. The zero-order chi connectivity index (χ0) is 12.2. The molecule has 18 heavy (non-hydrogen) atoms. The molecule has 0 spiro atoms. The lowest BCUT2D eigenvalue weighted by molar-refractivity contribution is 0.414.